The number of anilines is 1. The second-order valence-electron chi connectivity index (χ2n) is 5.95. The molecule has 0 saturated carbocycles. The van der Waals surface area contributed by atoms with Crippen molar-refractivity contribution >= 4 is 18.1 Å². The van der Waals surface area contributed by atoms with Gasteiger partial charge in [-0.1, -0.05) is 36.4 Å². The van der Waals surface area contributed by atoms with Crippen LogP contribution < -0.4 is 5.32 Å². The normalized spacial score (nSPS) is 10.9. The summed E-state index contributed by atoms with van der Waals surface area (Å²) in [5.41, 5.74) is 2.68. The van der Waals surface area contributed by atoms with E-state index in [1.807, 2.05) is 51.1 Å². The predicted molar refractivity (Wildman–Crippen MR) is 87.1 cm³/mol. The van der Waals surface area contributed by atoms with Crippen LogP contribution in [-0.4, -0.2) is 18.0 Å². The Balaban J connectivity index is 2.15. The summed E-state index contributed by atoms with van der Waals surface area (Å²) in [4.78, 5) is 22.5. The van der Waals surface area contributed by atoms with E-state index in [0.29, 0.717) is 11.3 Å². The lowest BCUT2D eigenvalue weighted by atomic mass is 10.0. The zero-order valence-corrected chi connectivity index (χ0v) is 12.9. The van der Waals surface area contributed by atoms with E-state index < -0.39 is 11.7 Å². The molecule has 2 aromatic carbocycles. The minimum Gasteiger partial charge on any atom is -0.444 e. The standard InChI is InChI=1S/C18H19NO3/c1-18(2,3)22-17(21)19-16-6-4-5-15(11-16)14-9-7-13(12-20)8-10-14/h4-12H,1-3H3,(H,19,21). The van der Waals surface area contributed by atoms with E-state index in [1.165, 1.54) is 0 Å². The molecule has 0 heterocycles. The van der Waals surface area contributed by atoms with Crippen molar-refractivity contribution in [1.82, 2.24) is 0 Å². The van der Waals surface area contributed by atoms with E-state index in [-0.39, 0.29) is 0 Å². The lowest BCUT2D eigenvalue weighted by molar-refractivity contribution is 0.0636. The maximum atomic E-state index is 11.8. The molecular formula is C18H19NO3. The maximum absolute atomic E-state index is 11.8. The topological polar surface area (TPSA) is 55.4 Å². The maximum Gasteiger partial charge on any atom is 0.412 e. The highest BCUT2D eigenvalue weighted by Gasteiger charge is 2.16. The molecule has 22 heavy (non-hydrogen) atoms. The summed E-state index contributed by atoms with van der Waals surface area (Å²) in [6.45, 7) is 5.45. The highest BCUT2D eigenvalue weighted by Crippen LogP contribution is 2.23. The molecule has 0 aliphatic heterocycles. The Morgan fingerprint density at radius 1 is 1.05 bits per heavy atom. The van der Waals surface area contributed by atoms with Gasteiger partial charge in [-0.15, -0.1) is 0 Å². The number of benzene rings is 2. The Morgan fingerprint density at radius 2 is 1.73 bits per heavy atom. The van der Waals surface area contributed by atoms with E-state index in [2.05, 4.69) is 5.32 Å². The molecule has 0 aliphatic rings. The van der Waals surface area contributed by atoms with Gasteiger partial charge in [-0.05, 0) is 44.0 Å². The molecule has 1 amide bonds. The van der Waals surface area contributed by atoms with Crippen LogP contribution in [0.1, 0.15) is 31.1 Å². The Labute approximate surface area is 130 Å². The third kappa shape index (κ3) is 4.45. The Hall–Kier alpha value is -2.62. The van der Waals surface area contributed by atoms with E-state index in [1.54, 1.807) is 18.2 Å². The third-order valence-corrected chi connectivity index (χ3v) is 2.89. The molecule has 4 heteroatoms. The molecule has 0 atom stereocenters. The number of nitrogens with one attached hydrogen (secondary N) is 1. The van der Waals surface area contributed by atoms with Crippen molar-refractivity contribution in [1.29, 1.82) is 0 Å². The van der Waals surface area contributed by atoms with Crippen LogP contribution in [0, 0.1) is 0 Å². The van der Waals surface area contributed by atoms with Gasteiger partial charge in [0.1, 0.15) is 11.9 Å². The quantitative estimate of drug-likeness (QED) is 0.848. The largest absolute Gasteiger partial charge is 0.444 e. The Morgan fingerprint density at radius 3 is 2.32 bits per heavy atom. The van der Waals surface area contributed by atoms with Gasteiger partial charge in [0.2, 0.25) is 0 Å². The Kier molecular flexibility index (Phi) is 4.61. The molecule has 4 nitrogen and oxygen atoms in total. The van der Waals surface area contributed by atoms with Crippen molar-refractivity contribution in [2.75, 3.05) is 5.32 Å². The zero-order chi connectivity index (χ0) is 16.2. The van der Waals surface area contributed by atoms with Crippen LogP contribution >= 0.6 is 0 Å². The predicted octanol–water partition coefficient (Wildman–Crippen LogP) is 4.51. The lowest BCUT2D eigenvalue weighted by Gasteiger charge is -2.19. The van der Waals surface area contributed by atoms with Crippen molar-refractivity contribution in [3.05, 3.63) is 54.1 Å². The van der Waals surface area contributed by atoms with Crippen molar-refractivity contribution in [2.45, 2.75) is 26.4 Å². The number of rotatable bonds is 3. The van der Waals surface area contributed by atoms with Gasteiger partial charge in [-0.25, -0.2) is 4.79 Å². The molecule has 1 N–H and O–H groups in total. The fourth-order valence-electron chi connectivity index (χ4n) is 1.95. The van der Waals surface area contributed by atoms with Gasteiger partial charge >= 0.3 is 6.09 Å². The molecule has 0 spiro atoms. The minimum atomic E-state index is -0.535. The van der Waals surface area contributed by atoms with Crippen LogP contribution in [0.3, 0.4) is 0 Å². The summed E-state index contributed by atoms with van der Waals surface area (Å²) in [7, 11) is 0. The van der Waals surface area contributed by atoms with Crippen LogP contribution in [0.5, 0.6) is 0 Å². The number of carbonyl (C=O) groups is 2. The average molecular weight is 297 g/mol. The van der Waals surface area contributed by atoms with E-state index in [4.69, 9.17) is 4.74 Å². The summed E-state index contributed by atoms with van der Waals surface area (Å²) in [6.07, 6.45) is 0.325. The SMILES string of the molecule is CC(C)(C)OC(=O)Nc1cccc(-c2ccc(C=O)cc2)c1. The van der Waals surface area contributed by atoms with Gasteiger partial charge in [-0.3, -0.25) is 10.1 Å². The molecular weight excluding hydrogens is 278 g/mol. The number of hydrogen-bond acceptors (Lipinski definition) is 3. The number of amides is 1. The number of carbonyl (C=O) groups excluding carboxylic acids is 2. The molecule has 0 radical (unpaired) electrons. The second-order valence-corrected chi connectivity index (χ2v) is 5.95. The highest BCUT2D eigenvalue weighted by atomic mass is 16.6. The molecule has 0 aliphatic carbocycles. The summed E-state index contributed by atoms with van der Waals surface area (Å²) in [5.74, 6) is 0. The fraction of sp³-hybridized carbons (Fsp3) is 0.222. The number of aldehydes is 1. The van der Waals surface area contributed by atoms with Crippen LogP contribution in [0.2, 0.25) is 0 Å². The molecule has 0 aromatic heterocycles. The van der Waals surface area contributed by atoms with E-state index in [9.17, 15) is 9.59 Å². The molecule has 0 bridgehead atoms. The van der Waals surface area contributed by atoms with E-state index in [0.717, 1.165) is 17.4 Å². The first-order valence-electron chi connectivity index (χ1n) is 7.03. The molecule has 0 fully saturated rings. The van der Waals surface area contributed by atoms with E-state index >= 15 is 0 Å². The third-order valence-electron chi connectivity index (χ3n) is 2.89. The van der Waals surface area contributed by atoms with Crippen LogP contribution in [0.4, 0.5) is 10.5 Å². The number of hydrogen-bond donors (Lipinski definition) is 1. The van der Waals surface area contributed by atoms with Crippen LogP contribution in [-0.2, 0) is 4.74 Å². The zero-order valence-electron chi connectivity index (χ0n) is 12.9. The van der Waals surface area contributed by atoms with Crippen molar-refractivity contribution in [2.24, 2.45) is 0 Å². The minimum absolute atomic E-state index is 0.485. The van der Waals surface area contributed by atoms with Gasteiger partial charge < -0.3 is 4.74 Å². The molecule has 2 rings (SSSR count). The van der Waals surface area contributed by atoms with Crippen molar-refractivity contribution in [3.8, 4) is 11.1 Å². The molecule has 114 valence electrons. The van der Waals surface area contributed by atoms with Gasteiger partial charge in [0.05, 0.1) is 0 Å². The van der Waals surface area contributed by atoms with Gasteiger partial charge in [0.25, 0.3) is 0 Å². The average Bonchev–Trinajstić information content (AvgIpc) is 2.45. The van der Waals surface area contributed by atoms with Crippen LogP contribution in [0.25, 0.3) is 11.1 Å². The summed E-state index contributed by atoms with van der Waals surface area (Å²) in [5, 5.41) is 2.71. The fourth-order valence-corrected chi connectivity index (χ4v) is 1.95. The smallest absolute Gasteiger partial charge is 0.412 e. The second kappa shape index (κ2) is 6.43. The highest BCUT2D eigenvalue weighted by molar-refractivity contribution is 5.86. The number of ether oxygens (including phenoxy) is 1. The first kappa shape index (κ1) is 15.8. The monoisotopic (exact) mass is 297 g/mol. The summed E-state index contributed by atoms with van der Waals surface area (Å²) in [6, 6.07) is 14.7. The van der Waals surface area contributed by atoms with Crippen LogP contribution in [0.15, 0.2) is 48.5 Å². The van der Waals surface area contributed by atoms with Crippen molar-refractivity contribution in [3.63, 3.8) is 0 Å². The molecule has 0 unspecified atom stereocenters. The van der Waals surface area contributed by atoms with Gasteiger partial charge in [-0.2, -0.15) is 0 Å². The summed E-state index contributed by atoms with van der Waals surface area (Å²) >= 11 is 0. The van der Waals surface area contributed by atoms with Gasteiger partial charge in [0.15, 0.2) is 0 Å². The first-order valence-corrected chi connectivity index (χ1v) is 7.03. The molecule has 0 saturated heterocycles. The molecule has 2 aromatic rings. The lowest BCUT2D eigenvalue weighted by Crippen LogP contribution is -2.27. The summed E-state index contributed by atoms with van der Waals surface area (Å²) < 4.78 is 5.23. The first-order chi connectivity index (χ1) is 10.4. The van der Waals surface area contributed by atoms with Gasteiger partial charge in [0, 0.05) is 11.3 Å². The van der Waals surface area contributed by atoms with Crippen molar-refractivity contribution < 1.29 is 14.3 Å². The Bertz CT molecular complexity index is 669.